The van der Waals surface area contributed by atoms with Crippen LogP contribution >= 0.6 is 24.8 Å². The molecule has 1 rings (SSSR count). The summed E-state index contributed by atoms with van der Waals surface area (Å²) in [7, 11) is 2.36. The average molecular weight is 169 g/mol. The third kappa shape index (κ3) is 5.11. The van der Waals surface area contributed by atoms with E-state index >= 15 is 0 Å². The Bertz CT molecular complexity index is 53.0. The SMILES string of the molecule is BC1CCCCC1.Cl.Cl. The van der Waals surface area contributed by atoms with Crippen LogP contribution < -0.4 is 0 Å². The smallest absolute Gasteiger partial charge is 0.105 e. The maximum absolute atomic E-state index is 2.36. The van der Waals surface area contributed by atoms with Crippen molar-refractivity contribution in [1.29, 1.82) is 0 Å². The van der Waals surface area contributed by atoms with Gasteiger partial charge in [-0.05, 0) is 0 Å². The van der Waals surface area contributed by atoms with Crippen molar-refractivity contribution in [3.8, 4) is 0 Å². The zero-order valence-electron chi connectivity index (χ0n) is 5.93. The van der Waals surface area contributed by atoms with Crippen molar-refractivity contribution in [2.75, 3.05) is 0 Å². The highest BCUT2D eigenvalue weighted by atomic mass is 35.5. The molecule has 0 amide bonds. The Morgan fingerprint density at radius 1 is 0.889 bits per heavy atom. The fraction of sp³-hybridized carbons (Fsp3) is 1.00. The van der Waals surface area contributed by atoms with E-state index in [0.29, 0.717) is 0 Å². The Morgan fingerprint density at radius 2 is 1.33 bits per heavy atom. The topological polar surface area (TPSA) is 0 Å². The first-order valence-corrected chi connectivity index (χ1v) is 3.39. The van der Waals surface area contributed by atoms with Gasteiger partial charge in [-0.3, -0.25) is 0 Å². The van der Waals surface area contributed by atoms with Gasteiger partial charge in [-0.25, -0.2) is 0 Å². The second kappa shape index (κ2) is 6.76. The summed E-state index contributed by atoms with van der Waals surface area (Å²) in [4.78, 5) is 0. The molecule has 1 fully saturated rings. The fourth-order valence-electron chi connectivity index (χ4n) is 1.31. The summed E-state index contributed by atoms with van der Waals surface area (Å²) in [5.74, 6) is 1.04. The standard InChI is InChI=1S/C6H13B.2ClH/c7-6-4-2-1-3-5-6;;/h6H,1-5,7H2;2*1H. The van der Waals surface area contributed by atoms with E-state index in [1.807, 2.05) is 0 Å². The van der Waals surface area contributed by atoms with Gasteiger partial charge in [-0.1, -0.05) is 37.9 Å². The molecule has 0 N–H and O–H groups in total. The largest absolute Gasteiger partial charge is 0.147 e. The molecule has 0 aliphatic heterocycles. The monoisotopic (exact) mass is 168 g/mol. The molecule has 0 saturated heterocycles. The summed E-state index contributed by atoms with van der Waals surface area (Å²) in [5, 5.41) is 0. The number of hydrogen-bond donors (Lipinski definition) is 0. The molecule has 1 aliphatic carbocycles. The lowest BCUT2D eigenvalue weighted by atomic mass is 9.76. The minimum atomic E-state index is 0. The minimum absolute atomic E-state index is 0. The molecule has 0 nitrogen and oxygen atoms in total. The third-order valence-corrected chi connectivity index (χ3v) is 1.89. The van der Waals surface area contributed by atoms with E-state index in [2.05, 4.69) is 7.85 Å². The van der Waals surface area contributed by atoms with Crippen molar-refractivity contribution in [2.24, 2.45) is 0 Å². The van der Waals surface area contributed by atoms with Gasteiger partial charge in [-0.15, -0.1) is 24.8 Å². The van der Waals surface area contributed by atoms with Crippen molar-refractivity contribution in [3.63, 3.8) is 0 Å². The van der Waals surface area contributed by atoms with Gasteiger partial charge in [0, 0.05) is 0 Å². The molecule has 3 heteroatoms. The molecular weight excluding hydrogens is 154 g/mol. The summed E-state index contributed by atoms with van der Waals surface area (Å²) >= 11 is 0. The van der Waals surface area contributed by atoms with E-state index in [9.17, 15) is 0 Å². The highest BCUT2D eigenvalue weighted by molar-refractivity contribution is 6.11. The molecule has 1 saturated carbocycles. The van der Waals surface area contributed by atoms with E-state index in [-0.39, 0.29) is 24.8 Å². The van der Waals surface area contributed by atoms with Crippen LogP contribution in [-0.2, 0) is 0 Å². The van der Waals surface area contributed by atoms with Gasteiger partial charge >= 0.3 is 0 Å². The first kappa shape index (κ1) is 12.3. The van der Waals surface area contributed by atoms with Gasteiger partial charge in [0.1, 0.15) is 7.85 Å². The molecule has 0 bridgehead atoms. The lowest BCUT2D eigenvalue weighted by molar-refractivity contribution is 0.504. The van der Waals surface area contributed by atoms with Crippen LogP contribution in [0.3, 0.4) is 0 Å². The van der Waals surface area contributed by atoms with Gasteiger partial charge in [0.15, 0.2) is 0 Å². The Labute approximate surface area is 71.0 Å². The van der Waals surface area contributed by atoms with Gasteiger partial charge in [0.25, 0.3) is 0 Å². The van der Waals surface area contributed by atoms with Gasteiger partial charge in [0.05, 0.1) is 0 Å². The molecule has 9 heavy (non-hydrogen) atoms. The molecule has 56 valence electrons. The zero-order chi connectivity index (χ0) is 5.11. The molecule has 0 radical (unpaired) electrons. The van der Waals surface area contributed by atoms with Crippen molar-refractivity contribution in [1.82, 2.24) is 0 Å². The normalized spacial score (nSPS) is 19.6. The quantitative estimate of drug-likeness (QED) is 0.487. The second-order valence-electron chi connectivity index (χ2n) is 2.74. The maximum Gasteiger partial charge on any atom is 0.105 e. The molecule has 0 aromatic carbocycles. The fourth-order valence-corrected chi connectivity index (χ4v) is 1.31. The lowest BCUT2D eigenvalue weighted by Crippen LogP contribution is -1.98. The Kier molecular flexibility index (Phi) is 9.26. The van der Waals surface area contributed by atoms with Gasteiger partial charge < -0.3 is 0 Å². The van der Waals surface area contributed by atoms with E-state index in [1.54, 1.807) is 0 Å². The zero-order valence-corrected chi connectivity index (χ0v) is 7.56. The molecule has 0 heterocycles. The third-order valence-electron chi connectivity index (χ3n) is 1.89. The Hall–Kier alpha value is 0.645. The molecule has 0 aromatic rings. The van der Waals surface area contributed by atoms with Crippen LogP contribution in [0.15, 0.2) is 0 Å². The van der Waals surface area contributed by atoms with Crippen LogP contribution in [0, 0.1) is 0 Å². The highest BCUT2D eigenvalue weighted by Gasteiger charge is 2.06. The number of rotatable bonds is 0. The summed E-state index contributed by atoms with van der Waals surface area (Å²) in [6, 6.07) is 0. The predicted molar refractivity (Wildman–Crippen MR) is 49.9 cm³/mol. The molecule has 0 spiro atoms. The van der Waals surface area contributed by atoms with Crippen molar-refractivity contribution in [2.45, 2.75) is 37.9 Å². The summed E-state index contributed by atoms with van der Waals surface area (Å²) in [6.07, 6.45) is 7.44. The first-order valence-electron chi connectivity index (χ1n) is 3.39. The van der Waals surface area contributed by atoms with Crippen molar-refractivity contribution in [3.05, 3.63) is 0 Å². The number of halogens is 2. The van der Waals surface area contributed by atoms with Gasteiger partial charge in [-0.2, -0.15) is 0 Å². The second-order valence-corrected chi connectivity index (χ2v) is 2.74. The lowest BCUT2D eigenvalue weighted by Gasteiger charge is -2.15. The minimum Gasteiger partial charge on any atom is -0.147 e. The Balaban J connectivity index is 0. The molecule has 0 atom stereocenters. The summed E-state index contributed by atoms with van der Waals surface area (Å²) in [5.41, 5.74) is 0. The van der Waals surface area contributed by atoms with Crippen LogP contribution in [0.2, 0.25) is 5.82 Å². The van der Waals surface area contributed by atoms with Crippen LogP contribution in [0.1, 0.15) is 32.1 Å². The van der Waals surface area contributed by atoms with Crippen molar-refractivity contribution >= 4 is 32.7 Å². The molecule has 0 unspecified atom stereocenters. The summed E-state index contributed by atoms with van der Waals surface area (Å²) in [6.45, 7) is 0. The molecule has 1 aliphatic rings. The molecular formula is C6H15BCl2. The maximum atomic E-state index is 2.36. The van der Waals surface area contributed by atoms with Crippen LogP contribution in [0.4, 0.5) is 0 Å². The molecule has 0 aromatic heterocycles. The first-order chi connectivity index (χ1) is 3.39. The van der Waals surface area contributed by atoms with E-state index in [0.717, 1.165) is 5.82 Å². The number of hydrogen-bond acceptors (Lipinski definition) is 0. The van der Waals surface area contributed by atoms with E-state index in [4.69, 9.17) is 0 Å². The van der Waals surface area contributed by atoms with E-state index in [1.165, 1.54) is 32.1 Å². The highest BCUT2D eigenvalue weighted by Crippen LogP contribution is 2.24. The van der Waals surface area contributed by atoms with Crippen LogP contribution in [0.25, 0.3) is 0 Å². The van der Waals surface area contributed by atoms with E-state index < -0.39 is 0 Å². The summed E-state index contributed by atoms with van der Waals surface area (Å²) < 4.78 is 0. The predicted octanol–water partition coefficient (Wildman–Crippen LogP) is 2.22. The average Bonchev–Trinajstić information content (AvgIpc) is 1.69. The van der Waals surface area contributed by atoms with Crippen LogP contribution in [0.5, 0.6) is 0 Å². The van der Waals surface area contributed by atoms with Crippen molar-refractivity contribution < 1.29 is 0 Å². The van der Waals surface area contributed by atoms with Gasteiger partial charge in [0.2, 0.25) is 0 Å². The Morgan fingerprint density at radius 3 is 1.56 bits per heavy atom. The van der Waals surface area contributed by atoms with Crippen LogP contribution in [-0.4, -0.2) is 7.85 Å².